The predicted molar refractivity (Wildman–Crippen MR) is 105 cm³/mol. The fourth-order valence-electron chi connectivity index (χ4n) is 3.79. The van der Waals surface area contributed by atoms with Crippen LogP contribution < -0.4 is 10.1 Å². The summed E-state index contributed by atoms with van der Waals surface area (Å²) in [5.41, 5.74) is 1.31. The number of ether oxygens (including phenoxy) is 3. The number of rotatable bonds is 5. The molecule has 1 amide bonds. The zero-order valence-electron chi connectivity index (χ0n) is 16.0. The van der Waals surface area contributed by atoms with Crippen molar-refractivity contribution in [2.24, 2.45) is 5.92 Å². The molecule has 1 atom stereocenters. The first-order chi connectivity index (χ1) is 13.8. The summed E-state index contributed by atoms with van der Waals surface area (Å²) in [6.07, 6.45) is 3.42. The number of carbonyl (C=O) groups is 1. The third-order valence-electron chi connectivity index (χ3n) is 5.18. The van der Waals surface area contributed by atoms with Gasteiger partial charge in [0.2, 0.25) is 0 Å². The Bertz CT molecular complexity index is 823. The van der Waals surface area contributed by atoms with Crippen molar-refractivity contribution < 1.29 is 19.0 Å². The Hall–Kier alpha value is -2.64. The van der Waals surface area contributed by atoms with Gasteiger partial charge in [-0.3, -0.25) is 4.79 Å². The molecule has 28 heavy (non-hydrogen) atoms. The maximum atomic E-state index is 13.3. The van der Waals surface area contributed by atoms with E-state index in [4.69, 9.17) is 14.2 Å². The van der Waals surface area contributed by atoms with Gasteiger partial charge in [0, 0.05) is 25.2 Å². The molecule has 2 aliphatic heterocycles. The zero-order chi connectivity index (χ0) is 19.3. The standard InChI is InChI=1S/C21H25N3O4/c1-26-18-9-3-2-8-17(18)23-19-16(7-4-10-22-19)20(25)24-11-5-6-15(14-24)21-27-12-13-28-21/h2-4,7-10,15,21H,5-6,11-14H2,1H3,(H,22,23). The van der Waals surface area contributed by atoms with Crippen molar-refractivity contribution in [3.63, 3.8) is 0 Å². The molecule has 1 N–H and O–H groups in total. The number of pyridine rings is 1. The lowest BCUT2D eigenvalue weighted by molar-refractivity contribution is -0.0969. The van der Waals surface area contributed by atoms with Crippen molar-refractivity contribution in [1.29, 1.82) is 0 Å². The van der Waals surface area contributed by atoms with Crippen molar-refractivity contribution in [3.8, 4) is 5.75 Å². The largest absolute Gasteiger partial charge is 0.495 e. The molecular weight excluding hydrogens is 358 g/mol. The maximum absolute atomic E-state index is 13.3. The molecule has 1 unspecified atom stereocenters. The fourth-order valence-corrected chi connectivity index (χ4v) is 3.79. The minimum atomic E-state index is -0.198. The van der Waals surface area contributed by atoms with Gasteiger partial charge in [0.1, 0.15) is 11.6 Å². The molecule has 148 valence electrons. The van der Waals surface area contributed by atoms with Crippen LogP contribution in [0.1, 0.15) is 23.2 Å². The molecule has 0 saturated carbocycles. The molecule has 3 heterocycles. The molecule has 1 aromatic heterocycles. The topological polar surface area (TPSA) is 72.9 Å². The van der Waals surface area contributed by atoms with Crippen molar-refractivity contribution >= 4 is 17.4 Å². The Morgan fingerprint density at radius 1 is 1.21 bits per heavy atom. The van der Waals surface area contributed by atoms with Crippen LogP contribution in [0.15, 0.2) is 42.6 Å². The van der Waals surface area contributed by atoms with Gasteiger partial charge < -0.3 is 24.4 Å². The van der Waals surface area contributed by atoms with Gasteiger partial charge >= 0.3 is 0 Å². The summed E-state index contributed by atoms with van der Waals surface area (Å²) in [6, 6.07) is 11.2. The summed E-state index contributed by atoms with van der Waals surface area (Å²) < 4.78 is 16.7. The Morgan fingerprint density at radius 3 is 2.86 bits per heavy atom. The number of amides is 1. The van der Waals surface area contributed by atoms with Crippen LogP contribution in [0.3, 0.4) is 0 Å². The smallest absolute Gasteiger partial charge is 0.257 e. The summed E-state index contributed by atoms with van der Waals surface area (Å²) >= 11 is 0. The monoisotopic (exact) mass is 383 g/mol. The number of piperidine rings is 1. The number of hydrogen-bond donors (Lipinski definition) is 1. The van der Waals surface area contributed by atoms with E-state index in [-0.39, 0.29) is 18.1 Å². The summed E-state index contributed by atoms with van der Waals surface area (Å²) in [6.45, 7) is 2.62. The highest BCUT2D eigenvalue weighted by Gasteiger charge is 2.33. The van der Waals surface area contributed by atoms with Crippen LogP contribution in [0.2, 0.25) is 0 Å². The van der Waals surface area contributed by atoms with E-state index in [2.05, 4.69) is 10.3 Å². The number of hydrogen-bond acceptors (Lipinski definition) is 6. The number of nitrogens with zero attached hydrogens (tertiary/aromatic N) is 2. The third kappa shape index (κ3) is 3.95. The van der Waals surface area contributed by atoms with E-state index in [1.807, 2.05) is 29.2 Å². The molecule has 2 aromatic rings. The summed E-state index contributed by atoms with van der Waals surface area (Å²) in [5.74, 6) is 1.39. The van der Waals surface area contributed by atoms with Crippen LogP contribution in [-0.4, -0.2) is 55.5 Å². The first kappa shape index (κ1) is 18.7. The van der Waals surface area contributed by atoms with Crippen molar-refractivity contribution in [2.75, 3.05) is 38.7 Å². The Balaban J connectivity index is 1.53. The number of carbonyl (C=O) groups excluding carboxylic acids is 1. The molecule has 0 spiro atoms. The summed E-state index contributed by atoms with van der Waals surface area (Å²) in [4.78, 5) is 19.5. The third-order valence-corrected chi connectivity index (χ3v) is 5.18. The van der Waals surface area contributed by atoms with E-state index in [0.29, 0.717) is 36.9 Å². The van der Waals surface area contributed by atoms with Gasteiger partial charge in [0.05, 0.1) is 31.6 Å². The quantitative estimate of drug-likeness (QED) is 0.856. The normalized spacial score (nSPS) is 20.2. The lowest BCUT2D eigenvalue weighted by Crippen LogP contribution is -2.44. The molecule has 2 fully saturated rings. The molecule has 0 radical (unpaired) electrons. The second kappa shape index (κ2) is 8.58. The number of para-hydroxylation sites is 2. The van der Waals surface area contributed by atoms with Crippen molar-refractivity contribution in [3.05, 3.63) is 48.2 Å². The number of benzene rings is 1. The molecule has 7 nitrogen and oxygen atoms in total. The molecule has 2 saturated heterocycles. The van der Waals surface area contributed by atoms with E-state index in [1.165, 1.54) is 0 Å². The second-order valence-corrected chi connectivity index (χ2v) is 6.99. The maximum Gasteiger partial charge on any atom is 0.257 e. The predicted octanol–water partition coefficient (Wildman–Crippen LogP) is 3.06. The summed E-state index contributed by atoms with van der Waals surface area (Å²) in [7, 11) is 1.62. The van der Waals surface area contributed by atoms with Gasteiger partial charge in [-0.1, -0.05) is 12.1 Å². The lowest BCUT2D eigenvalue weighted by Gasteiger charge is -2.35. The number of aromatic nitrogens is 1. The number of nitrogens with one attached hydrogen (secondary N) is 1. The minimum absolute atomic E-state index is 0.0341. The van der Waals surface area contributed by atoms with Crippen LogP contribution in [-0.2, 0) is 9.47 Å². The highest BCUT2D eigenvalue weighted by Crippen LogP contribution is 2.30. The second-order valence-electron chi connectivity index (χ2n) is 6.99. The SMILES string of the molecule is COc1ccccc1Nc1ncccc1C(=O)N1CCCC(C2OCCO2)C1. The lowest BCUT2D eigenvalue weighted by atomic mass is 9.96. The number of methoxy groups -OCH3 is 1. The van der Waals surface area contributed by atoms with Crippen molar-refractivity contribution in [2.45, 2.75) is 19.1 Å². The minimum Gasteiger partial charge on any atom is -0.495 e. The molecule has 0 aliphatic carbocycles. The number of likely N-dealkylation sites (tertiary alicyclic amines) is 1. The molecular formula is C21H25N3O4. The van der Waals surface area contributed by atoms with Gasteiger partial charge in [0.25, 0.3) is 5.91 Å². The highest BCUT2D eigenvalue weighted by atomic mass is 16.7. The van der Waals surface area contributed by atoms with Gasteiger partial charge in [-0.2, -0.15) is 0 Å². The van der Waals surface area contributed by atoms with E-state index >= 15 is 0 Å². The fraction of sp³-hybridized carbons (Fsp3) is 0.429. The van der Waals surface area contributed by atoms with Crippen LogP contribution in [0, 0.1) is 5.92 Å². The van der Waals surface area contributed by atoms with Gasteiger partial charge in [-0.05, 0) is 37.1 Å². The first-order valence-corrected chi connectivity index (χ1v) is 9.64. The van der Waals surface area contributed by atoms with Crippen LogP contribution in [0.25, 0.3) is 0 Å². The van der Waals surface area contributed by atoms with E-state index in [0.717, 1.165) is 25.1 Å². The van der Waals surface area contributed by atoms with Crippen LogP contribution in [0.5, 0.6) is 5.75 Å². The average Bonchev–Trinajstić information content (AvgIpc) is 3.29. The van der Waals surface area contributed by atoms with Crippen LogP contribution >= 0.6 is 0 Å². The molecule has 7 heteroatoms. The zero-order valence-corrected chi connectivity index (χ0v) is 16.0. The van der Waals surface area contributed by atoms with Crippen molar-refractivity contribution in [1.82, 2.24) is 9.88 Å². The Labute approximate surface area is 164 Å². The van der Waals surface area contributed by atoms with Gasteiger partial charge in [-0.15, -0.1) is 0 Å². The van der Waals surface area contributed by atoms with Gasteiger partial charge in [0.15, 0.2) is 6.29 Å². The number of anilines is 2. The average molecular weight is 383 g/mol. The molecule has 2 aliphatic rings. The van der Waals surface area contributed by atoms with E-state index in [9.17, 15) is 4.79 Å². The molecule has 4 rings (SSSR count). The van der Waals surface area contributed by atoms with Gasteiger partial charge in [-0.25, -0.2) is 4.98 Å². The first-order valence-electron chi connectivity index (χ1n) is 9.64. The van der Waals surface area contributed by atoms with Crippen LogP contribution in [0.4, 0.5) is 11.5 Å². The molecule has 1 aromatic carbocycles. The Morgan fingerprint density at radius 2 is 2.04 bits per heavy atom. The molecule has 0 bridgehead atoms. The van der Waals surface area contributed by atoms with E-state index < -0.39 is 0 Å². The Kier molecular flexibility index (Phi) is 5.73. The highest BCUT2D eigenvalue weighted by molar-refractivity contribution is 5.99. The van der Waals surface area contributed by atoms with E-state index in [1.54, 1.807) is 25.4 Å². The summed E-state index contributed by atoms with van der Waals surface area (Å²) in [5, 5.41) is 3.25.